The number of ether oxygens (including phenoxy) is 1. The molecule has 7 nitrogen and oxygen atoms in total. The zero-order valence-corrected chi connectivity index (χ0v) is 17.6. The monoisotopic (exact) mass is 460 g/mol. The van der Waals surface area contributed by atoms with E-state index in [-0.39, 0.29) is 17.8 Å². The number of nitrogens with one attached hydrogen (secondary N) is 2. The minimum Gasteiger partial charge on any atom is -0.465 e. The molecule has 0 bridgehead atoms. The molecule has 10 heteroatoms. The molecule has 3 rings (SSSR count). The summed E-state index contributed by atoms with van der Waals surface area (Å²) in [6.07, 6.45) is 0. The quantitative estimate of drug-likeness (QED) is 0.526. The Morgan fingerprint density at radius 2 is 1.50 bits per heavy atom. The smallest absolute Gasteiger partial charge is 0.337 e. The van der Waals surface area contributed by atoms with Crippen LogP contribution in [-0.2, 0) is 21.3 Å². The third-order valence-corrected chi connectivity index (χ3v) is 5.81. The highest BCUT2D eigenvalue weighted by Crippen LogP contribution is 2.19. The lowest BCUT2D eigenvalue weighted by Gasteiger charge is -2.10. The van der Waals surface area contributed by atoms with Crippen molar-refractivity contribution in [1.82, 2.24) is 5.32 Å². The SMILES string of the molecule is COC(=O)c1ccc(CNC(=O)c2ccc(NS(=O)(=O)c3ccc(F)c(F)c3)cc2)cc1. The summed E-state index contributed by atoms with van der Waals surface area (Å²) in [4.78, 5) is 23.3. The highest BCUT2D eigenvalue weighted by Gasteiger charge is 2.17. The van der Waals surface area contributed by atoms with Gasteiger partial charge in [0.15, 0.2) is 11.6 Å². The highest BCUT2D eigenvalue weighted by atomic mass is 32.2. The molecule has 3 aromatic rings. The summed E-state index contributed by atoms with van der Waals surface area (Å²) in [7, 11) is -2.85. The molecule has 0 fully saturated rings. The number of sulfonamides is 1. The first-order chi connectivity index (χ1) is 15.2. The van der Waals surface area contributed by atoms with Gasteiger partial charge in [0.25, 0.3) is 15.9 Å². The summed E-state index contributed by atoms with van der Waals surface area (Å²) < 4.78 is 57.8. The first kappa shape index (κ1) is 22.9. The fourth-order valence-electron chi connectivity index (χ4n) is 2.71. The van der Waals surface area contributed by atoms with Crippen LogP contribution in [-0.4, -0.2) is 27.4 Å². The molecule has 2 N–H and O–H groups in total. The second-order valence-corrected chi connectivity index (χ2v) is 8.31. The van der Waals surface area contributed by atoms with Gasteiger partial charge in [0.2, 0.25) is 0 Å². The van der Waals surface area contributed by atoms with Gasteiger partial charge in [-0.1, -0.05) is 12.1 Å². The maximum Gasteiger partial charge on any atom is 0.337 e. The lowest BCUT2D eigenvalue weighted by Crippen LogP contribution is -2.22. The van der Waals surface area contributed by atoms with E-state index in [1.54, 1.807) is 24.3 Å². The lowest BCUT2D eigenvalue weighted by molar-refractivity contribution is 0.0600. The predicted octanol–water partition coefficient (Wildman–Crippen LogP) is 3.48. The molecule has 0 saturated carbocycles. The van der Waals surface area contributed by atoms with E-state index in [1.165, 1.54) is 31.4 Å². The van der Waals surface area contributed by atoms with Crippen LogP contribution in [0.4, 0.5) is 14.5 Å². The highest BCUT2D eigenvalue weighted by molar-refractivity contribution is 7.92. The van der Waals surface area contributed by atoms with E-state index in [9.17, 15) is 26.8 Å². The van der Waals surface area contributed by atoms with Gasteiger partial charge in [-0.15, -0.1) is 0 Å². The molecule has 0 aliphatic rings. The van der Waals surface area contributed by atoms with E-state index >= 15 is 0 Å². The third-order valence-electron chi connectivity index (χ3n) is 4.43. The number of anilines is 1. The summed E-state index contributed by atoms with van der Waals surface area (Å²) in [6, 6.07) is 14.4. The second kappa shape index (κ2) is 9.56. The number of esters is 1. The van der Waals surface area contributed by atoms with Crippen molar-refractivity contribution >= 4 is 27.6 Å². The van der Waals surface area contributed by atoms with Gasteiger partial charge in [0.1, 0.15) is 0 Å². The van der Waals surface area contributed by atoms with E-state index in [1.807, 2.05) is 0 Å². The van der Waals surface area contributed by atoms with E-state index in [4.69, 9.17) is 0 Å². The Morgan fingerprint density at radius 1 is 0.875 bits per heavy atom. The van der Waals surface area contributed by atoms with Crippen LogP contribution in [0.15, 0.2) is 71.6 Å². The van der Waals surface area contributed by atoms with Crippen LogP contribution in [0.25, 0.3) is 0 Å². The summed E-state index contributed by atoms with van der Waals surface area (Å²) in [6.45, 7) is 0.213. The largest absolute Gasteiger partial charge is 0.465 e. The molecule has 3 aromatic carbocycles. The van der Waals surface area contributed by atoms with Gasteiger partial charge in [0.05, 0.1) is 17.6 Å². The second-order valence-electron chi connectivity index (χ2n) is 6.63. The average Bonchev–Trinajstić information content (AvgIpc) is 2.79. The summed E-state index contributed by atoms with van der Waals surface area (Å²) in [5.74, 6) is -3.28. The van der Waals surface area contributed by atoms with Gasteiger partial charge < -0.3 is 10.1 Å². The maximum absolute atomic E-state index is 13.3. The van der Waals surface area contributed by atoms with Crippen molar-refractivity contribution in [2.45, 2.75) is 11.4 Å². The molecule has 0 aromatic heterocycles. The van der Waals surface area contributed by atoms with Crippen molar-refractivity contribution in [3.05, 3.63) is 95.1 Å². The van der Waals surface area contributed by atoms with Gasteiger partial charge >= 0.3 is 5.97 Å². The molecule has 0 saturated heterocycles. The van der Waals surface area contributed by atoms with E-state index < -0.39 is 38.4 Å². The molecule has 32 heavy (non-hydrogen) atoms. The average molecular weight is 460 g/mol. The van der Waals surface area contributed by atoms with Crippen LogP contribution < -0.4 is 10.0 Å². The van der Waals surface area contributed by atoms with Crippen molar-refractivity contribution in [2.75, 3.05) is 11.8 Å². The zero-order valence-electron chi connectivity index (χ0n) is 16.8. The molecule has 0 unspecified atom stereocenters. The zero-order chi connectivity index (χ0) is 23.3. The van der Waals surface area contributed by atoms with Crippen LogP contribution in [0.3, 0.4) is 0 Å². The minimum atomic E-state index is -4.13. The van der Waals surface area contributed by atoms with E-state index in [0.717, 1.165) is 17.7 Å². The number of halogens is 2. The Bertz CT molecular complexity index is 1240. The van der Waals surface area contributed by atoms with E-state index in [0.29, 0.717) is 11.6 Å². The first-order valence-corrected chi connectivity index (χ1v) is 10.7. The van der Waals surface area contributed by atoms with Crippen LogP contribution >= 0.6 is 0 Å². The third kappa shape index (κ3) is 5.46. The van der Waals surface area contributed by atoms with Crippen molar-refractivity contribution in [3.63, 3.8) is 0 Å². The molecule has 166 valence electrons. The Balaban J connectivity index is 1.61. The number of hydrogen-bond acceptors (Lipinski definition) is 5. The molecule has 1 amide bonds. The summed E-state index contributed by atoms with van der Waals surface area (Å²) in [5.41, 5.74) is 1.59. The van der Waals surface area contributed by atoms with Crippen molar-refractivity contribution in [1.29, 1.82) is 0 Å². The Labute approximate surface area is 183 Å². The molecule has 0 heterocycles. The molecule has 0 spiro atoms. The lowest BCUT2D eigenvalue weighted by atomic mass is 10.1. The normalized spacial score (nSPS) is 11.0. The van der Waals surface area contributed by atoms with Gasteiger partial charge in [-0.25, -0.2) is 22.0 Å². The fraction of sp³-hybridized carbons (Fsp3) is 0.0909. The molecule has 0 radical (unpaired) electrons. The predicted molar refractivity (Wildman–Crippen MR) is 113 cm³/mol. The van der Waals surface area contributed by atoms with E-state index in [2.05, 4.69) is 14.8 Å². The summed E-state index contributed by atoms with van der Waals surface area (Å²) >= 11 is 0. The molecular formula is C22H18F2N2O5S. The van der Waals surface area contributed by atoms with Crippen LogP contribution in [0.1, 0.15) is 26.3 Å². The van der Waals surface area contributed by atoms with Crippen molar-refractivity contribution < 1.29 is 31.5 Å². The Kier molecular flexibility index (Phi) is 6.84. The van der Waals surface area contributed by atoms with Crippen LogP contribution in [0, 0.1) is 11.6 Å². The summed E-state index contributed by atoms with van der Waals surface area (Å²) in [5, 5.41) is 2.71. The number of benzene rings is 3. The van der Waals surface area contributed by atoms with Gasteiger partial charge in [0, 0.05) is 17.8 Å². The number of carbonyl (C=O) groups excluding carboxylic acids is 2. The fourth-order valence-corrected chi connectivity index (χ4v) is 3.78. The molecule has 0 atom stereocenters. The van der Waals surface area contributed by atoms with Crippen molar-refractivity contribution in [2.24, 2.45) is 0 Å². The number of hydrogen-bond donors (Lipinski definition) is 2. The number of rotatable bonds is 7. The number of amides is 1. The van der Waals surface area contributed by atoms with Gasteiger partial charge in [-0.2, -0.15) is 0 Å². The van der Waals surface area contributed by atoms with Crippen LogP contribution in [0.5, 0.6) is 0 Å². The standard InChI is InChI=1S/C22H18F2N2O5S/c1-31-22(28)16-4-2-14(3-5-16)13-25-21(27)15-6-8-17(9-7-15)26-32(29,30)18-10-11-19(23)20(24)12-18/h2-12,26H,13H2,1H3,(H,25,27). The topological polar surface area (TPSA) is 102 Å². The Morgan fingerprint density at radius 3 is 2.09 bits per heavy atom. The maximum atomic E-state index is 13.3. The Hall–Kier alpha value is -3.79. The number of carbonyl (C=O) groups is 2. The number of methoxy groups -OCH3 is 1. The minimum absolute atomic E-state index is 0.143. The van der Waals surface area contributed by atoms with Crippen LogP contribution in [0.2, 0.25) is 0 Å². The molecular weight excluding hydrogens is 442 g/mol. The molecule has 0 aliphatic carbocycles. The first-order valence-electron chi connectivity index (χ1n) is 9.23. The van der Waals surface area contributed by atoms with Gasteiger partial charge in [-0.3, -0.25) is 9.52 Å². The molecule has 0 aliphatic heterocycles. The van der Waals surface area contributed by atoms with Crippen molar-refractivity contribution in [3.8, 4) is 0 Å². The van der Waals surface area contributed by atoms with Gasteiger partial charge in [-0.05, 0) is 60.2 Å².